The molecule has 0 atom stereocenters. The average Bonchev–Trinajstić information content (AvgIpc) is 3.36. The number of hydrogen-bond donors (Lipinski definition) is 1. The number of rotatable bonds is 0. The molecule has 0 spiro atoms. The maximum Gasteiger partial charge on any atom is 0.100 e. The van der Waals surface area contributed by atoms with Gasteiger partial charge in [0, 0.05) is 16.8 Å². The Balaban J connectivity index is 0.000000167. The Hall–Kier alpha value is -2.52. The summed E-state index contributed by atoms with van der Waals surface area (Å²) in [5.41, 5.74) is 2.54. The van der Waals surface area contributed by atoms with E-state index in [-0.39, 0.29) is 0 Å². The lowest BCUT2D eigenvalue weighted by molar-refractivity contribution is 0.534. The normalized spacial score (nSPS) is 8.80. The first-order valence-corrected chi connectivity index (χ1v) is 9.07. The minimum atomic E-state index is 0.968. The van der Waals surface area contributed by atoms with Gasteiger partial charge in [0.15, 0.2) is 0 Å². The first-order valence-electron chi connectivity index (χ1n) is 8.20. The largest absolute Gasteiger partial charge is 0.470 e. The highest BCUT2D eigenvalue weighted by atomic mass is 32.1. The highest BCUT2D eigenvalue weighted by Gasteiger charge is 1.76. The van der Waals surface area contributed by atoms with Crippen LogP contribution in [0.3, 0.4) is 0 Å². The van der Waals surface area contributed by atoms with Gasteiger partial charge in [-0.25, -0.2) is 0 Å². The molecule has 25 heavy (non-hydrogen) atoms. The van der Waals surface area contributed by atoms with Crippen molar-refractivity contribution in [1.29, 1.82) is 0 Å². The SMILES string of the molecule is Cc1ccc[nH]1.Cc1ccccc1.Cc1ccco1.Cc1cccs1. The van der Waals surface area contributed by atoms with Crippen LogP contribution in [0.1, 0.15) is 21.9 Å². The van der Waals surface area contributed by atoms with Crippen LogP contribution in [0.25, 0.3) is 0 Å². The minimum Gasteiger partial charge on any atom is -0.470 e. The van der Waals surface area contributed by atoms with Gasteiger partial charge in [0.25, 0.3) is 0 Å². The number of thiophene rings is 1. The lowest BCUT2D eigenvalue weighted by Crippen LogP contribution is -1.62. The van der Waals surface area contributed by atoms with E-state index >= 15 is 0 Å². The van der Waals surface area contributed by atoms with Crippen LogP contribution in [-0.4, -0.2) is 4.98 Å². The number of H-pyrrole nitrogens is 1. The summed E-state index contributed by atoms with van der Waals surface area (Å²) in [6, 6.07) is 22.2. The molecule has 4 aromatic rings. The predicted molar refractivity (Wildman–Crippen MR) is 109 cm³/mol. The zero-order chi connectivity index (χ0) is 18.3. The Labute approximate surface area is 155 Å². The maximum absolute atomic E-state index is 4.83. The molecule has 4 rings (SSSR count). The van der Waals surface area contributed by atoms with Crippen molar-refractivity contribution in [3.63, 3.8) is 0 Å². The molecule has 0 aliphatic heterocycles. The molecule has 2 nitrogen and oxygen atoms in total. The molecule has 0 bridgehead atoms. The molecule has 0 fully saturated rings. The van der Waals surface area contributed by atoms with Crippen LogP contribution in [0.15, 0.2) is 89.0 Å². The second kappa shape index (κ2) is 12.8. The van der Waals surface area contributed by atoms with Gasteiger partial charge in [-0.1, -0.05) is 42.0 Å². The van der Waals surface area contributed by atoms with Gasteiger partial charge in [-0.2, -0.15) is 0 Å². The monoisotopic (exact) mass is 353 g/mol. The molecular weight excluding hydrogens is 326 g/mol. The Morgan fingerprint density at radius 1 is 0.760 bits per heavy atom. The molecule has 0 saturated heterocycles. The highest BCUT2D eigenvalue weighted by molar-refractivity contribution is 7.09. The van der Waals surface area contributed by atoms with Crippen molar-refractivity contribution in [2.24, 2.45) is 0 Å². The van der Waals surface area contributed by atoms with E-state index in [1.165, 1.54) is 16.1 Å². The van der Waals surface area contributed by atoms with Crippen LogP contribution in [0.2, 0.25) is 0 Å². The number of hydrogen-bond acceptors (Lipinski definition) is 2. The average molecular weight is 354 g/mol. The van der Waals surface area contributed by atoms with Crippen molar-refractivity contribution < 1.29 is 4.42 Å². The number of furan rings is 1. The van der Waals surface area contributed by atoms with Crippen molar-refractivity contribution in [3.8, 4) is 0 Å². The quantitative estimate of drug-likeness (QED) is 0.363. The van der Waals surface area contributed by atoms with E-state index in [0.717, 1.165) is 5.76 Å². The van der Waals surface area contributed by atoms with Gasteiger partial charge >= 0.3 is 0 Å². The number of benzene rings is 1. The smallest absolute Gasteiger partial charge is 0.100 e. The van der Waals surface area contributed by atoms with Crippen LogP contribution < -0.4 is 0 Å². The molecule has 0 unspecified atom stereocenters. The molecule has 3 heteroatoms. The third-order valence-electron chi connectivity index (χ3n) is 3.02. The number of nitrogens with one attached hydrogen (secondary N) is 1. The summed E-state index contributed by atoms with van der Waals surface area (Å²) in [7, 11) is 0. The third kappa shape index (κ3) is 11.6. The second-order valence-electron chi connectivity index (χ2n) is 5.46. The zero-order valence-corrected chi connectivity index (χ0v) is 16.2. The lowest BCUT2D eigenvalue weighted by Gasteiger charge is -1.82. The maximum atomic E-state index is 4.83. The van der Waals surface area contributed by atoms with E-state index in [1.54, 1.807) is 17.6 Å². The predicted octanol–water partition coefficient (Wildman–Crippen LogP) is 6.96. The molecule has 1 aromatic carbocycles. The summed E-state index contributed by atoms with van der Waals surface area (Å²) in [5.74, 6) is 0.968. The fraction of sp³-hybridized carbons (Fsp3) is 0.182. The topological polar surface area (TPSA) is 28.9 Å². The molecule has 1 N–H and O–H groups in total. The van der Waals surface area contributed by atoms with E-state index in [0.29, 0.717) is 0 Å². The van der Waals surface area contributed by atoms with E-state index in [4.69, 9.17) is 4.42 Å². The molecule has 0 saturated carbocycles. The van der Waals surface area contributed by atoms with Gasteiger partial charge in [-0.15, -0.1) is 11.3 Å². The third-order valence-corrected chi connectivity index (χ3v) is 3.82. The molecule has 0 aliphatic rings. The number of aromatic amines is 1. The molecular formula is C22H27NOS. The highest BCUT2D eigenvalue weighted by Crippen LogP contribution is 2.03. The Kier molecular flexibility index (Phi) is 10.5. The van der Waals surface area contributed by atoms with Crippen LogP contribution >= 0.6 is 11.3 Å². The zero-order valence-electron chi connectivity index (χ0n) is 15.4. The van der Waals surface area contributed by atoms with Gasteiger partial charge in [-0.3, -0.25) is 0 Å². The Morgan fingerprint density at radius 2 is 1.52 bits per heavy atom. The van der Waals surface area contributed by atoms with Crippen LogP contribution in [0, 0.1) is 27.7 Å². The van der Waals surface area contributed by atoms with Gasteiger partial charge in [0.05, 0.1) is 6.26 Å². The minimum absolute atomic E-state index is 0.968. The van der Waals surface area contributed by atoms with E-state index < -0.39 is 0 Å². The van der Waals surface area contributed by atoms with Crippen LogP contribution in [0.4, 0.5) is 0 Å². The van der Waals surface area contributed by atoms with Crippen LogP contribution in [-0.2, 0) is 0 Å². The van der Waals surface area contributed by atoms with E-state index in [9.17, 15) is 0 Å². The fourth-order valence-electron chi connectivity index (χ4n) is 1.68. The van der Waals surface area contributed by atoms with E-state index in [1.807, 2.05) is 62.5 Å². The number of aryl methyl sites for hydroxylation is 4. The Morgan fingerprint density at radius 3 is 1.72 bits per heavy atom. The molecule has 3 aromatic heterocycles. The first-order chi connectivity index (χ1) is 12.1. The molecule has 0 aliphatic carbocycles. The van der Waals surface area contributed by atoms with Gasteiger partial charge in [0.1, 0.15) is 5.76 Å². The summed E-state index contributed by atoms with van der Waals surface area (Å²) < 4.78 is 4.83. The second-order valence-corrected chi connectivity index (χ2v) is 6.61. The van der Waals surface area contributed by atoms with Gasteiger partial charge in [0.2, 0.25) is 0 Å². The Bertz CT molecular complexity index is 650. The molecule has 0 amide bonds. The lowest BCUT2D eigenvalue weighted by atomic mass is 10.2. The first kappa shape index (κ1) is 20.5. The standard InChI is InChI=1S/C7H8.C5H7N.C5H6O.C5H6S/c1-7-5-3-2-4-6-7;3*1-5-3-2-4-6-5/h2-6H,1H3;2-4,6H,1H3;2*2-4H,1H3. The van der Waals surface area contributed by atoms with E-state index in [2.05, 4.69) is 48.5 Å². The van der Waals surface area contributed by atoms with Crippen molar-refractivity contribution in [2.45, 2.75) is 27.7 Å². The van der Waals surface area contributed by atoms with Crippen molar-refractivity contribution in [1.82, 2.24) is 4.98 Å². The summed E-state index contributed by atoms with van der Waals surface area (Å²) in [6.07, 6.45) is 3.57. The van der Waals surface area contributed by atoms with Gasteiger partial charge < -0.3 is 9.40 Å². The van der Waals surface area contributed by atoms with Crippen LogP contribution in [0.5, 0.6) is 0 Å². The number of aromatic nitrogens is 1. The summed E-state index contributed by atoms with van der Waals surface area (Å²) in [6.45, 7) is 8.13. The van der Waals surface area contributed by atoms with Crippen molar-refractivity contribution >= 4 is 11.3 Å². The summed E-state index contributed by atoms with van der Waals surface area (Å²) in [4.78, 5) is 4.38. The molecule has 0 radical (unpaired) electrons. The molecule has 3 heterocycles. The summed E-state index contributed by atoms with van der Waals surface area (Å²) in [5, 5.41) is 2.08. The van der Waals surface area contributed by atoms with Crippen molar-refractivity contribution in [3.05, 3.63) is 106 Å². The van der Waals surface area contributed by atoms with Crippen molar-refractivity contribution in [2.75, 3.05) is 0 Å². The van der Waals surface area contributed by atoms with Gasteiger partial charge in [-0.05, 0) is 63.4 Å². The fourth-order valence-corrected chi connectivity index (χ4v) is 2.20. The summed E-state index contributed by atoms with van der Waals surface area (Å²) >= 11 is 1.78. The molecule has 132 valence electrons.